The number of benzene rings is 1. The molecule has 0 saturated carbocycles. The van der Waals surface area contributed by atoms with E-state index in [2.05, 4.69) is 41.4 Å². The summed E-state index contributed by atoms with van der Waals surface area (Å²) in [6.07, 6.45) is 8.78. The lowest BCUT2D eigenvalue weighted by Gasteiger charge is -2.24. The molecule has 0 aliphatic heterocycles. The second-order valence-electron chi connectivity index (χ2n) is 4.94. The molecule has 1 aliphatic carbocycles. The molecule has 0 N–H and O–H groups in total. The van der Waals surface area contributed by atoms with Crippen molar-refractivity contribution in [1.82, 2.24) is 4.98 Å². The first-order chi connectivity index (χ1) is 8.42. The van der Waals surface area contributed by atoms with Gasteiger partial charge >= 0.3 is 0 Å². The lowest BCUT2D eigenvalue weighted by atomic mass is 9.81. The Morgan fingerprint density at radius 2 is 1.76 bits per heavy atom. The Hall–Kier alpha value is -1.63. The third-order valence-corrected chi connectivity index (χ3v) is 3.72. The maximum atomic E-state index is 4.07. The highest BCUT2D eigenvalue weighted by Gasteiger charge is 2.18. The Balaban J connectivity index is 1.72. The van der Waals surface area contributed by atoms with E-state index in [1.165, 1.54) is 31.2 Å². The summed E-state index contributed by atoms with van der Waals surface area (Å²) < 4.78 is 0. The standard InChI is InChI=1S/C16H17N/c1-2-4-16-12-14(5-6-15(16)3-1)11-13-7-9-17-10-8-13/h1-4,7-10,14H,5-6,11-12H2/t14-/m1/s1. The van der Waals surface area contributed by atoms with E-state index in [4.69, 9.17) is 0 Å². The summed E-state index contributed by atoms with van der Waals surface area (Å²) in [4.78, 5) is 4.07. The monoisotopic (exact) mass is 223 g/mol. The van der Waals surface area contributed by atoms with E-state index in [1.54, 1.807) is 11.1 Å². The highest BCUT2D eigenvalue weighted by atomic mass is 14.6. The molecule has 17 heavy (non-hydrogen) atoms. The van der Waals surface area contributed by atoms with Crippen LogP contribution in [0.4, 0.5) is 0 Å². The summed E-state index contributed by atoms with van der Waals surface area (Å²) in [5, 5.41) is 0. The fraction of sp³-hybridized carbons (Fsp3) is 0.312. The molecule has 1 atom stereocenters. The van der Waals surface area contributed by atoms with Crippen molar-refractivity contribution in [2.45, 2.75) is 25.7 Å². The number of aryl methyl sites for hydroxylation is 1. The summed E-state index contributed by atoms with van der Waals surface area (Å²) >= 11 is 0. The fourth-order valence-corrected chi connectivity index (χ4v) is 2.80. The van der Waals surface area contributed by atoms with Crippen molar-refractivity contribution in [3.63, 3.8) is 0 Å². The van der Waals surface area contributed by atoms with E-state index in [0.29, 0.717) is 0 Å². The molecule has 0 amide bonds. The predicted molar refractivity (Wildman–Crippen MR) is 69.9 cm³/mol. The molecule has 0 bridgehead atoms. The van der Waals surface area contributed by atoms with Crippen molar-refractivity contribution in [3.05, 3.63) is 65.5 Å². The minimum Gasteiger partial charge on any atom is -0.265 e. The molecule has 86 valence electrons. The number of hydrogen-bond acceptors (Lipinski definition) is 1. The number of fused-ring (bicyclic) bond motifs is 1. The van der Waals surface area contributed by atoms with Gasteiger partial charge in [-0.05, 0) is 60.4 Å². The molecule has 0 saturated heterocycles. The zero-order valence-electron chi connectivity index (χ0n) is 9.97. The summed E-state index contributed by atoms with van der Waals surface area (Å²) in [6.45, 7) is 0. The van der Waals surface area contributed by atoms with Gasteiger partial charge in [-0.2, -0.15) is 0 Å². The smallest absolute Gasteiger partial charge is 0.0270 e. The molecule has 0 radical (unpaired) electrons. The maximum Gasteiger partial charge on any atom is 0.0270 e. The number of rotatable bonds is 2. The van der Waals surface area contributed by atoms with Gasteiger partial charge in [0.25, 0.3) is 0 Å². The van der Waals surface area contributed by atoms with Crippen LogP contribution in [0.25, 0.3) is 0 Å². The molecule has 0 fully saturated rings. The largest absolute Gasteiger partial charge is 0.265 e. The molecule has 3 rings (SSSR count). The lowest BCUT2D eigenvalue weighted by molar-refractivity contribution is 0.456. The van der Waals surface area contributed by atoms with E-state index >= 15 is 0 Å². The molecular weight excluding hydrogens is 206 g/mol. The second kappa shape index (κ2) is 4.70. The van der Waals surface area contributed by atoms with Crippen LogP contribution >= 0.6 is 0 Å². The molecule has 1 aromatic heterocycles. The van der Waals surface area contributed by atoms with E-state index in [-0.39, 0.29) is 0 Å². The van der Waals surface area contributed by atoms with Crippen LogP contribution in [0.5, 0.6) is 0 Å². The van der Waals surface area contributed by atoms with Gasteiger partial charge in [0.2, 0.25) is 0 Å². The third-order valence-electron chi connectivity index (χ3n) is 3.72. The Morgan fingerprint density at radius 1 is 1.00 bits per heavy atom. The number of pyridine rings is 1. The SMILES string of the molecule is c1ccc2c(c1)CC[C@H](Cc1ccncc1)C2. The van der Waals surface area contributed by atoms with Gasteiger partial charge in [-0.25, -0.2) is 0 Å². The number of aromatic nitrogens is 1. The van der Waals surface area contributed by atoms with Crippen LogP contribution in [0.15, 0.2) is 48.8 Å². The highest BCUT2D eigenvalue weighted by Crippen LogP contribution is 2.27. The van der Waals surface area contributed by atoms with Gasteiger partial charge in [0.05, 0.1) is 0 Å². The van der Waals surface area contributed by atoms with Gasteiger partial charge in [0, 0.05) is 12.4 Å². The fourth-order valence-electron chi connectivity index (χ4n) is 2.80. The van der Waals surface area contributed by atoms with Crippen LogP contribution in [0.2, 0.25) is 0 Å². The third kappa shape index (κ3) is 2.38. The molecule has 1 nitrogen and oxygen atoms in total. The first kappa shape index (κ1) is 10.5. The van der Waals surface area contributed by atoms with E-state index in [9.17, 15) is 0 Å². The minimum atomic E-state index is 0.798. The van der Waals surface area contributed by atoms with Crippen LogP contribution in [0.1, 0.15) is 23.1 Å². The van der Waals surface area contributed by atoms with Crippen molar-refractivity contribution in [1.29, 1.82) is 0 Å². The van der Waals surface area contributed by atoms with Gasteiger partial charge in [-0.15, -0.1) is 0 Å². The molecule has 0 spiro atoms. The number of nitrogens with zero attached hydrogens (tertiary/aromatic N) is 1. The molecule has 1 heteroatoms. The Kier molecular flexibility index (Phi) is 2.91. The predicted octanol–water partition coefficient (Wildman–Crippen LogP) is 3.43. The van der Waals surface area contributed by atoms with Crippen LogP contribution in [0.3, 0.4) is 0 Å². The zero-order chi connectivity index (χ0) is 11.5. The zero-order valence-corrected chi connectivity index (χ0v) is 9.97. The molecular formula is C16H17N. The van der Waals surface area contributed by atoms with Gasteiger partial charge in [0.1, 0.15) is 0 Å². The van der Waals surface area contributed by atoms with Gasteiger partial charge in [-0.3, -0.25) is 4.98 Å². The molecule has 1 aromatic carbocycles. The van der Waals surface area contributed by atoms with Crippen molar-refractivity contribution in [2.75, 3.05) is 0 Å². The summed E-state index contributed by atoms with van der Waals surface area (Å²) in [7, 11) is 0. The highest BCUT2D eigenvalue weighted by molar-refractivity contribution is 5.30. The van der Waals surface area contributed by atoms with E-state index < -0.39 is 0 Å². The van der Waals surface area contributed by atoms with E-state index in [1.807, 2.05) is 12.4 Å². The first-order valence-electron chi connectivity index (χ1n) is 6.37. The Labute approximate surface area is 103 Å². The Bertz CT molecular complexity index is 490. The topological polar surface area (TPSA) is 12.9 Å². The first-order valence-corrected chi connectivity index (χ1v) is 6.37. The Morgan fingerprint density at radius 3 is 2.59 bits per heavy atom. The van der Waals surface area contributed by atoms with Crippen LogP contribution in [0, 0.1) is 5.92 Å². The summed E-state index contributed by atoms with van der Waals surface area (Å²) in [6, 6.07) is 13.2. The average Bonchev–Trinajstić information content (AvgIpc) is 2.40. The summed E-state index contributed by atoms with van der Waals surface area (Å²) in [5.41, 5.74) is 4.53. The van der Waals surface area contributed by atoms with Crippen molar-refractivity contribution < 1.29 is 0 Å². The second-order valence-corrected chi connectivity index (χ2v) is 4.94. The van der Waals surface area contributed by atoms with Gasteiger partial charge < -0.3 is 0 Å². The van der Waals surface area contributed by atoms with Crippen LogP contribution < -0.4 is 0 Å². The van der Waals surface area contributed by atoms with Gasteiger partial charge in [0.15, 0.2) is 0 Å². The van der Waals surface area contributed by atoms with E-state index in [0.717, 1.165) is 5.92 Å². The van der Waals surface area contributed by atoms with Crippen LogP contribution in [-0.2, 0) is 19.3 Å². The minimum absolute atomic E-state index is 0.798. The molecule has 0 unspecified atom stereocenters. The molecule has 1 heterocycles. The van der Waals surface area contributed by atoms with Crippen molar-refractivity contribution in [3.8, 4) is 0 Å². The van der Waals surface area contributed by atoms with Crippen LogP contribution in [-0.4, -0.2) is 4.98 Å². The van der Waals surface area contributed by atoms with Crippen molar-refractivity contribution >= 4 is 0 Å². The normalized spacial score (nSPS) is 18.7. The quantitative estimate of drug-likeness (QED) is 0.760. The van der Waals surface area contributed by atoms with Crippen molar-refractivity contribution in [2.24, 2.45) is 5.92 Å². The summed E-state index contributed by atoms with van der Waals surface area (Å²) in [5.74, 6) is 0.798. The average molecular weight is 223 g/mol. The molecule has 2 aromatic rings. The van der Waals surface area contributed by atoms with Gasteiger partial charge in [-0.1, -0.05) is 24.3 Å². The number of hydrogen-bond donors (Lipinski definition) is 0. The molecule has 1 aliphatic rings. The maximum absolute atomic E-state index is 4.07. The lowest BCUT2D eigenvalue weighted by Crippen LogP contribution is -2.16.